The molecule has 1 aromatic rings. The zero-order chi connectivity index (χ0) is 23.0. The van der Waals surface area contributed by atoms with E-state index in [0.29, 0.717) is 38.8 Å². The first kappa shape index (κ1) is 25.6. The van der Waals surface area contributed by atoms with Crippen LogP contribution in [0.5, 0.6) is 0 Å². The van der Waals surface area contributed by atoms with Gasteiger partial charge in [-0.2, -0.15) is 0 Å². The summed E-state index contributed by atoms with van der Waals surface area (Å²) in [5.74, 6) is -2.47. The van der Waals surface area contributed by atoms with Crippen LogP contribution in [0.2, 0.25) is 0 Å². The summed E-state index contributed by atoms with van der Waals surface area (Å²) in [7, 11) is 0. The van der Waals surface area contributed by atoms with Gasteiger partial charge in [0.05, 0.1) is 11.8 Å². The fourth-order valence-corrected chi connectivity index (χ4v) is 4.91. The zero-order valence-corrected chi connectivity index (χ0v) is 20.9. The summed E-state index contributed by atoms with van der Waals surface area (Å²) in [6.07, 6.45) is 3.99. The molecule has 0 bridgehead atoms. The molecule has 0 spiro atoms. The normalized spacial score (nSPS) is 19.1. The first-order valence-corrected chi connectivity index (χ1v) is 12.4. The Bertz CT molecular complexity index is 768. The van der Waals surface area contributed by atoms with Crippen LogP contribution < -0.4 is 5.32 Å². The minimum atomic E-state index is -0.935. The summed E-state index contributed by atoms with van der Waals surface area (Å²) in [4.78, 5) is 40.1. The molecular weight excluding hydrogens is 507 g/mol. The second kappa shape index (κ2) is 12.4. The molecule has 1 aliphatic heterocycles. The molecular formula is C24H35IN2O4. The maximum absolute atomic E-state index is 13.2. The number of halogens is 1. The van der Waals surface area contributed by atoms with Crippen LogP contribution >= 0.6 is 22.6 Å². The van der Waals surface area contributed by atoms with Gasteiger partial charge in [-0.1, -0.05) is 39.3 Å². The topological polar surface area (TPSA) is 86.7 Å². The summed E-state index contributed by atoms with van der Waals surface area (Å²) < 4.78 is 1.12. The lowest BCUT2D eigenvalue weighted by Gasteiger charge is -2.29. The van der Waals surface area contributed by atoms with E-state index in [-0.39, 0.29) is 17.7 Å². The van der Waals surface area contributed by atoms with Gasteiger partial charge in [-0.3, -0.25) is 14.4 Å². The monoisotopic (exact) mass is 542 g/mol. The number of likely N-dealkylation sites (tertiary alicyclic amines) is 1. The van der Waals surface area contributed by atoms with Crippen molar-refractivity contribution in [1.82, 2.24) is 10.2 Å². The van der Waals surface area contributed by atoms with E-state index in [2.05, 4.69) is 34.0 Å². The number of benzene rings is 1. The lowest BCUT2D eigenvalue weighted by molar-refractivity contribution is -0.148. The number of amides is 2. The van der Waals surface area contributed by atoms with Crippen molar-refractivity contribution in [2.24, 2.45) is 17.8 Å². The highest BCUT2D eigenvalue weighted by Gasteiger charge is 2.36. The smallest absolute Gasteiger partial charge is 0.307 e. The molecule has 1 fully saturated rings. The SMILES string of the molecule is CCC[C@H](C(=O)O)[C@@H](CC(C)C)C(=O)N[C@H]1CCCCN(Cc2cccc(I)c2)C1=O. The number of carbonyl (C=O) groups is 3. The molecule has 2 amide bonds. The van der Waals surface area contributed by atoms with Crippen LogP contribution in [0.25, 0.3) is 0 Å². The number of hydrogen-bond donors (Lipinski definition) is 2. The minimum absolute atomic E-state index is 0.0737. The summed E-state index contributed by atoms with van der Waals surface area (Å²) in [6, 6.07) is 7.47. The number of carboxylic acid groups (broad SMARTS) is 1. The van der Waals surface area contributed by atoms with Crippen molar-refractivity contribution in [3.8, 4) is 0 Å². The molecule has 2 rings (SSSR count). The molecule has 0 unspecified atom stereocenters. The Balaban J connectivity index is 2.15. The van der Waals surface area contributed by atoms with Crippen molar-refractivity contribution < 1.29 is 19.5 Å². The summed E-state index contributed by atoms with van der Waals surface area (Å²) >= 11 is 2.26. The third-order valence-corrected chi connectivity index (χ3v) is 6.50. The number of hydrogen-bond acceptors (Lipinski definition) is 3. The van der Waals surface area contributed by atoms with E-state index >= 15 is 0 Å². The number of carboxylic acids is 1. The van der Waals surface area contributed by atoms with Gasteiger partial charge >= 0.3 is 5.97 Å². The average molecular weight is 542 g/mol. The number of nitrogens with zero attached hydrogens (tertiary/aromatic N) is 1. The molecule has 0 aromatic heterocycles. The minimum Gasteiger partial charge on any atom is -0.481 e. The van der Waals surface area contributed by atoms with Crippen molar-refractivity contribution in [3.63, 3.8) is 0 Å². The maximum Gasteiger partial charge on any atom is 0.307 e. The Morgan fingerprint density at radius 2 is 2.00 bits per heavy atom. The predicted molar refractivity (Wildman–Crippen MR) is 129 cm³/mol. The van der Waals surface area contributed by atoms with Gasteiger partial charge in [-0.25, -0.2) is 0 Å². The Hall–Kier alpha value is -1.64. The van der Waals surface area contributed by atoms with E-state index in [0.717, 1.165) is 22.0 Å². The predicted octanol–water partition coefficient (Wildman–Crippen LogP) is 4.45. The van der Waals surface area contributed by atoms with Crippen molar-refractivity contribution >= 4 is 40.4 Å². The number of carbonyl (C=O) groups excluding carboxylic acids is 2. The molecule has 31 heavy (non-hydrogen) atoms. The standard InChI is InChI=1S/C24H35IN2O4/c1-4-8-19(24(30)31)20(13-16(2)3)22(28)26-21-11-5-6-12-27(23(21)29)15-17-9-7-10-18(25)14-17/h7,9-10,14,16,19-21H,4-6,8,11-13,15H2,1-3H3,(H,26,28)(H,30,31)/t19-,20+,21-/m0/s1. The third kappa shape index (κ3) is 7.77. The van der Waals surface area contributed by atoms with Gasteiger partial charge in [-0.15, -0.1) is 0 Å². The van der Waals surface area contributed by atoms with E-state index in [1.807, 2.05) is 43.9 Å². The van der Waals surface area contributed by atoms with E-state index < -0.39 is 23.8 Å². The van der Waals surface area contributed by atoms with Crippen molar-refractivity contribution in [1.29, 1.82) is 0 Å². The van der Waals surface area contributed by atoms with Gasteiger partial charge < -0.3 is 15.3 Å². The fraction of sp³-hybridized carbons (Fsp3) is 0.625. The van der Waals surface area contributed by atoms with Crippen LogP contribution in [0, 0.1) is 21.3 Å². The number of nitrogens with one attached hydrogen (secondary N) is 1. The fourth-order valence-electron chi connectivity index (χ4n) is 4.30. The molecule has 1 heterocycles. The number of rotatable bonds is 10. The molecule has 172 valence electrons. The molecule has 1 aliphatic rings. The molecule has 0 aliphatic carbocycles. The molecule has 1 saturated heterocycles. The highest BCUT2D eigenvalue weighted by molar-refractivity contribution is 14.1. The van der Waals surface area contributed by atoms with Gasteiger partial charge in [0.25, 0.3) is 0 Å². The first-order valence-electron chi connectivity index (χ1n) is 11.3. The van der Waals surface area contributed by atoms with Gasteiger partial charge in [0.1, 0.15) is 6.04 Å². The lowest BCUT2D eigenvalue weighted by atomic mass is 9.82. The van der Waals surface area contributed by atoms with Gasteiger partial charge in [0.15, 0.2) is 0 Å². The molecule has 6 nitrogen and oxygen atoms in total. The summed E-state index contributed by atoms with van der Waals surface area (Å²) in [5.41, 5.74) is 1.07. The van der Waals surface area contributed by atoms with Gasteiger partial charge in [-0.05, 0) is 78.3 Å². The first-order chi connectivity index (χ1) is 14.7. The largest absolute Gasteiger partial charge is 0.481 e. The van der Waals surface area contributed by atoms with E-state index in [1.165, 1.54) is 0 Å². The molecule has 0 saturated carbocycles. The summed E-state index contributed by atoms with van der Waals surface area (Å²) in [5, 5.41) is 12.7. The van der Waals surface area contributed by atoms with Crippen LogP contribution in [0.4, 0.5) is 0 Å². The van der Waals surface area contributed by atoms with E-state index in [9.17, 15) is 19.5 Å². The highest BCUT2D eigenvalue weighted by Crippen LogP contribution is 2.26. The van der Waals surface area contributed by atoms with Crippen molar-refractivity contribution in [3.05, 3.63) is 33.4 Å². The van der Waals surface area contributed by atoms with Crippen molar-refractivity contribution in [2.75, 3.05) is 6.54 Å². The Kier molecular flexibility index (Phi) is 10.3. The third-order valence-electron chi connectivity index (χ3n) is 5.82. The van der Waals surface area contributed by atoms with Gasteiger partial charge in [0.2, 0.25) is 11.8 Å². The van der Waals surface area contributed by atoms with E-state index in [1.54, 1.807) is 0 Å². The Morgan fingerprint density at radius 3 is 2.61 bits per heavy atom. The average Bonchev–Trinajstić information content (AvgIpc) is 2.86. The van der Waals surface area contributed by atoms with Crippen LogP contribution in [-0.4, -0.2) is 40.4 Å². The molecule has 2 N–H and O–H groups in total. The second-order valence-electron chi connectivity index (χ2n) is 8.92. The van der Waals surface area contributed by atoms with Crippen LogP contribution in [0.1, 0.15) is 64.9 Å². The van der Waals surface area contributed by atoms with Crippen LogP contribution in [-0.2, 0) is 20.9 Å². The zero-order valence-electron chi connectivity index (χ0n) is 18.8. The van der Waals surface area contributed by atoms with Gasteiger partial charge in [0, 0.05) is 16.7 Å². The number of aliphatic carboxylic acids is 1. The highest BCUT2D eigenvalue weighted by atomic mass is 127. The van der Waals surface area contributed by atoms with Crippen LogP contribution in [0.3, 0.4) is 0 Å². The Morgan fingerprint density at radius 1 is 1.26 bits per heavy atom. The molecule has 0 radical (unpaired) electrons. The maximum atomic E-state index is 13.2. The quantitative estimate of drug-likeness (QED) is 0.428. The van der Waals surface area contributed by atoms with Crippen molar-refractivity contribution in [2.45, 2.75) is 71.9 Å². The summed E-state index contributed by atoms with van der Waals surface area (Å²) in [6.45, 7) is 7.10. The molecule has 3 atom stereocenters. The molecule has 7 heteroatoms. The van der Waals surface area contributed by atoms with E-state index in [4.69, 9.17) is 0 Å². The Labute approximate surface area is 199 Å². The van der Waals surface area contributed by atoms with Crippen LogP contribution in [0.15, 0.2) is 24.3 Å². The lowest BCUT2D eigenvalue weighted by Crippen LogP contribution is -2.50. The second-order valence-corrected chi connectivity index (χ2v) is 10.2. The molecule has 1 aromatic carbocycles.